The van der Waals surface area contributed by atoms with Crippen molar-refractivity contribution in [2.45, 2.75) is 43.9 Å². The number of anilines is 1. The maximum Gasteiger partial charge on any atom is 0.454 e. The van der Waals surface area contributed by atoms with Gasteiger partial charge in [0.2, 0.25) is 5.91 Å². The van der Waals surface area contributed by atoms with Crippen molar-refractivity contribution >= 4 is 23.2 Å². The first kappa shape index (κ1) is 26.7. The second kappa shape index (κ2) is 11.0. The molecule has 1 saturated carbocycles. The zero-order chi connectivity index (χ0) is 26.6. The molecule has 0 atom stereocenters. The van der Waals surface area contributed by atoms with Gasteiger partial charge in [0, 0.05) is 61.6 Å². The molecule has 4 rings (SSSR count). The molecule has 1 aliphatic carbocycles. The Morgan fingerprint density at radius 2 is 1.95 bits per heavy atom. The van der Waals surface area contributed by atoms with Crippen LogP contribution in [0.5, 0.6) is 0 Å². The van der Waals surface area contributed by atoms with E-state index in [1.807, 2.05) is 12.3 Å². The fourth-order valence-electron chi connectivity index (χ4n) is 4.10. The fraction of sp³-hybridized carbons (Fsp3) is 0.385. The number of pyridine rings is 1. The van der Waals surface area contributed by atoms with Crippen LogP contribution in [0.2, 0.25) is 0 Å². The standard InChI is InChI=1S/C26H28F5N5O/c27-25(28,26(29,30)31)16-36-10-8-17-1-3-22(11-19(17)15-36)35-24(37)6-2-18-13-33-9-7-23(18)20(12-32)14-34-21-4-5-21/h1-3,6-7,9,11,13-14,21,34H,4-5,8,10,12,15-16,32H2,(H,35,37)/b6-2+,20-14+. The monoisotopic (exact) mass is 521 g/mol. The van der Waals surface area contributed by atoms with E-state index in [2.05, 4.69) is 15.6 Å². The molecule has 4 N–H and O–H groups in total. The number of halogens is 5. The van der Waals surface area contributed by atoms with Crippen LogP contribution in [-0.4, -0.2) is 53.6 Å². The lowest BCUT2D eigenvalue weighted by atomic mass is 9.98. The number of amides is 1. The molecule has 11 heteroatoms. The van der Waals surface area contributed by atoms with E-state index >= 15 is 0 Å². The molecule has 198 valence electrons. The van der Waals surface area contributed by atoms with Gasteiger partial charge in [-0.05, 0) is 65.8 Å². The number of nitrogens with two attached hydrogens (primary N) is 1. The Hall–Kier alpha value is -3.31. The van der Waals surface area contributed by atoms with Gasteiger partial charge >= 0.3 is 12.1 Å². The first-order chi connectivity index (χ1) is 17.6. The number of aromatic nitrogens is 1. The van der Waals surface area contributed by atoms with Crippen LogP contribution in [0.3, 0.4) is 0 Å². The van der Waals surface area contributed by atoms with E-state index in [1.165, 1.54) is 6.08 Å². The molecule has 0 radical (unpaired) electrons. The van der Waals surface area contributed by atoms with Crippen LogP contribution in [-0.2, 0) is 17.8 Å². The molecule has 2 heterocycles. The van der Waals surface area contributed by atoms with Crippen molar-refractivity contribution in [3.8, 4) is 0 Å². The van der Waals surface area contributed by atoms with E-state index in [4.69, 9.17) is 5.73 Å². The highest BCUT2D eigenvalue weighted by Crippen LogP contribution is 2.37. The molecular formula is C26H28F5N5O. The smallest absolute Gasteiger partial charge is 0.388 e. The maximum absolute atomic E-state index is 13.5. The molecule has 0 bridgehead atoms. The van der Waals surface area contributed by atoms with Gasteiger partial charge < -0.3 is 16.4 Å². The zero-order valence-corrected chi connectivity index (χ0v) is 20.0. The molecule has 1 amide bonds. The number of carbonyl (C=O) groups excluding carboxylic acids is 1. The van der Waals surface area contributed by atoms with Gasteiger partial charge in [0.1, 0.15) is 0 Å². The van der Waals surface area contributed by atoms with Gasteiger partial charge in [-0.3, -0.25) is 14.7 Å². The summed E-state index contributed by atoms with van der Waals surface area (Å²) in [5.74, 6) is -5.22. The van der Waals surface area contributed by atoms with Crippen LogP contribution in [0, 0.1) is 0 Å². The molecule has 1 aliphatic heterocycles. The summed E-state index contributed by atoms with van der Waals surface area (Å²) in [6.07, 6.45) is 5.13. The average molecular weight is 522 g/mol. The van der Waals surface area contributed by atoms with Crippen molar-refractivity contribution in [3.63, 3.8) is 0 Å². The number of rotatable bonds is 9. The van der Waals surface area contributed by atoms with Crippen molar-refractivity contribution in [2.24, 2.45) is 5.73 Å². The molecule has 1 fully saturated rings. The van der Waals surface area contributed by atoms with E-state index in [-0.39, 0.29) is 13.1 Å². The molecular weight excluding hydrogens is 493 g/mol. The van der Waals surface area contributed by atoms with Crippen molar-refractivity contribution in [3.05, 3.63) is 71.2 Å². The van der Waals surface area contributed by atoms with E-state index in [1.54, 1.807) is 36.7 Å². The number of carbonyl (C=O) groups is 1. The lowest BCUT2D eigenvalue weighted by molar-refractivity contribution is -0.287. The first-order valence-electron chi connectivity index (χ1n) is 11.9. The van der Waals surface area contributed by atoms with Crippen LogP contribution in [0.1, 0.15) is 35.1 Å². The SMILES string of the molecule is NC/C(=C\NC1CC1)c1ccncc1/C=C/C(=O)Nc1ccc2c(c1)CN(CC(F)(F)C(F)(F)F)CC2. The fourth-order valence-corrected chi connectivity index (χ4v) is 4.10. The minimum atomic E-state index is -5.60. The third-order valence-electron chi connectivity index (χ3n) is 6.30. The van der Waals surface area contributed by atoms with E-state index in [0.717, 1.165) is 34.4 Å². The van der Waals surface area contributed by atoms with Gasteiger partial charge in [-0.2, -0.15) is 22.0 Å². The summed E-state index contributed by atoms with van der Waals surface area (Å²) in [6, 6.07) is 7.32. The summed E-state index contributed by atoms with van der Waals surface area (Å²) < 4.78 is 64.8. The van der Waals surface area contributed by atoms with E-state index < -0.39 is 24.6 Å². The summed E-state index contributed by atoms with van der Waals surface area (Å²) in [4.78, 5) is 17.8. The summed E-state index contributed by atoms with van der Waals surface area (Å²) >= 11 is 0. The Morgan fingerprint density at radius 1 is 1.16 bits per heavy atom. The molecule has 0 unspecified atom stereocenters. The number of nitrogens with one attached hydrogen (secondary N) is 2. The zero-order valence-electron chi connectivity index (χ0n) is 20.0. The Labute approximate surface area is 211 Å². The molecule has 1 aromatic carbocycles. The number of hydrogen-bond acceptors (Lipinski definition) is 5. The van der Waals surface area contributed by atoms with Crippen molar-refractivity contribution in [1.29, 1.82) is 0 Å². The van der Waals surface area contributed by atoms with E-state index in [0.29, 0.717) is 35.8 Å². The van der Waals surface area contributed by atoms with Crippen LogP contribution < -0.4 is 16.4 Å². The highest BCUT2D eigenvalue weighted by Gasteiger charge is 2.58. The van der Waals surface area contributed by atoms with Crippen molar-refractivity contribution in [1.82, 2.24) is 15.2 Å². The van der Waals surface area contributed by atoms with Gasteiger partial charge in [-0.25, -0.2) is 0 Å². The van der Waals surface area contributed by atoms with Gasteiger partial charge in [-0.15, -0.1) is 0 Å². The molecule has 2 aromatic rings. The molecule has 2 aliphatic rings. The number of hydrogen-bond donors (Lipinski definition) is 3. The van der Waals surface area contributed by atoms with Crippen LogP contribution in [0.25, 0.3) is 11.6 Å². The van der Waals surface area contributed by atoms with Crippen LogP contribution in [0.15, 0.2) is 48.9 Å². The summed E-state index contributed by atoms with van der Waals surface area (Å²) in [5.41, 5.74) is 10.2. The first-order valence-corrected chi connectivity index (χ1v) is 11.9. The molecule has 6 nitrogen and oxygen atoms in total. The molecule has 0 spiro atoms. The number of nitrogens with zero attached hydrogens (tertiary/aromatic N) is 2. The molecule has 1 aromatic heterocycles. The largest absolute Gasteiger partial charge is 0.454 e. The summed E-state index contributed by atoms with van der Waals surface area (Å²) in [7, 11) is 0. The lowest BCUT2D eigenvalue weighted by Gasteiger charge is -2.32. The molecule has 37 heavy (non-hydrogen) atoms. The van der Waals surface area contributed by atoms with Crippen LogP contribution >= 0.6 is 0 Å². The summed E-state index contributed by atoms with van der Waals surface area (Å²) in [6.45, 7) is -1.07. The normalized spacial score (nSPS) is 17.1. The van der Waals surface area contributed by atoms with Crippen molar-refractivity contribution < 1.29 is 26.7 Å². The third-order valence-corrected chi connectivity index (χ3v) is 6.30. The minimum Gasteiger partial charge on any atom is -0.388 e. The number of alkyl halides is 5. The number of fused-ring (bicyclic) bond motifs is 1. The average Bonchev–Trinajstić information content (AvgIpc) is 3.67. The molecule has 0 saturated heterocycles. The van der Waals surface area contributed by atoms with Crippen LogP contribution in [0.4, 0.5) is 27.6 Å². The second-order valence-corrected chi connectivity index (χ2v) is 9.25. The highest BCUT2D eigenvalue weighted by molar-refractivity contribution is 6.02. The lowest BCUT2D eigenvalue weighted by Crippen LogP contribution is -2.48. The van der Waals surface area contributed by atoms with Gasteiger partial charge in [0.25, 0.3) is 0 Å². The maximum atomic E-state index is 13.5. The predicted octanol–water partition coefficient (Wildman–Crippen LogP) is 4.34. The quantitative estimate of drug-likeness (QED) is 0.338. The Balaban J connectivity index is 1.42. The minimum absolute atomic E-state index is 0.0668. The Kier molecular flexibility index (Phi) is 7.93. The number of benzene rings is 1. The predicted molar refractivity (Wildman–Crippen MR) is 132 cm³/mol. The van der Waals surface area contributed by atoms with Gasteiger partial charge in [0.05, 0.1) is 6.54 Å². The topological polar surface area (TPSA) is 83.3 Å². The van der Waals surface area contributed by atoms with Gasteiger partial charge in [0.15, 0.2) is 0 Å². The third kappa shape index (κ3) is 6.92. The Morgan fingerprint density at radius 3 is 2.65 bits per heavy atom. The second-order valence-electron chi connectivity index (χ2n) is 9.25. The van der Waals surface area contributed by atoms with Crippen molar-refractivity contribution in [2.75, 3.05) is 25.0 Å². The Bertz CT molecular complexity index is 1190. The summed E-state index contributed by atoms with van der Waals surface area (Å²) in [5, 5.41) is 6.03. The van der Waals surface area contributed by atoms with E-state index in [9.17, 15) is 26.7 Å². The van der Waals surface area contributed by atoms with Gasteiger partial charge in [-0.1, -0.05) is 6.07 Å². The highest BCUT2D eigenvalue weighted by atomic mass is 19.4.